The fourth-order valence-corrected chi connectivity index (χ4v) is 3.24. The van der Waals surface area contributed by atoms with E-state index < -0.39 is 16.8 Å². The number of anilines is 1. The minimum Gasteiger partial charge on any atom is -0.366 e. The summed E-state index contributed by atoms with van der Waals surface area (Å²) in [6.45, 7) is 2.75. The van der Waals surface area contributed by atoms with Crippen LogP contribution in [0.25, 0.3) is 0 Å². The minimum absolute atomic E-state index is 0.0117. The van der Waals surface area contributed by atoms with E-state index in [0.717, 1.165) is 25.6 Å². The summed E-state index contributed by atoms with van der Waals surface area (Å²) in [4.78, 5) is 15.3. The number of nitrogens with zero attached hydrogens (tertiary/aromatic N) is 3. The summed E-state index contributed by atoms with van der Waals surface area (Å²) in [7, 11) is 0. The monoisotopic (exact) mass is 316 g/mol. The second-order valence-electron chi connectivity index (χ2n) is 5.73. The quantitative estimate of drug-likeness (QED) is 0.668. The van der Waals surface area contributed by atoms with E-state index in [1.54, 1.807) is 4.90 Å². The summed E-state index contributed by atoms with van der Waals surface area (Å²) in [5.74, 6) is 0.815. The number of pyridine rings is 1. The van der Waals surface area contributed by atoms with Crippen molar-refractivity contribution >= 4 is 11.4 Å². The highest BCUT2D eigenvalue weighted by molar-refractivity contribution is 5.63. The Morgan fingerprint density at radius 2 is 2.09 bits per heavy atom. The first-order chi connectivity index (χ1) is 10.4. The highest BCUT2D eigenvalue weighted by Crippen LogP contribution is 2.37. The Balaban J connectivity index is 1.95. The van der Waals surface area contributed by atoms with Gasteiger partial charge in [0.2, 0.25) is 0 Å². The fourth-order valence-electron chi connectivity index (χ4n) is 3.24. The molecule has 1 aromatic rings. The van der Waals surface area contributed by atoms with Gasteiger partial charge in [0.25, 0.3) is 0 Å². The van der Waals surface area contributed by atoms with E-state index in [0.29, 0.717) is 31.1 Å². The summed E-state index contributed by atoms with van der Waals surface area (Å²) in [6.07, 6.45) is -3.09. The van der Waals surface area contributed by atoms with E-state index >= 15 is 0 Å². The van der Waals surface area contributed by atoms with Gasteiger partial charge in [-0.1, -0.05) is 0 Å². The number of hydrogen-bond donors (Lipinski definition) is 1. The van der Waals surface area contributed by atoms with Crippen molar-refractivity contribution in [1.29, 1.82) is 0 Å². The molecule has 120 valence electrons. The molecule has 2 aliphatic rings. The Labute approximate surface area is 124 Å². The second-order valence-corrected chi connectivity index (χ2v) is 5.73. The molecule has 0 amide bonds. The van der Waals surface area contributed by atoms with Gasteiger partial charge in [0.05, 0.1) is 4.92 Å². The maximum Gasteiger partial charge on any atom is 0.433 e. The van der Waals surface area contributed by atoms with Gasteiger partial charge in [0, 0.05) is 13.1 Å². The average molecular weight is 316 g/mol. The zero-order chi connectivity index (χ0) is 15.9. The molecule has 2 unspecified atom stereocenters. The smallest absolute Gasteiger partial charge is 0.366 e. The van der Waals surface area contributed by atoms with Crippen LogP contribution < -0.4 is 10.2 Å². The molecule has 1 N–H and O–H groups in total. The number of hydrogen-bond acceptors (Lipinski definition) is 5. The van der Waals surface area contributed by atoms with Crippen LogP contribution in [-0.2, 0) is 6.18 Å². The van der Waals surface area contributed by atoms with Crippen molar-refractivity contribution in [3.8, 4) is 0 Å². The number of nitro groups is 1. The lowest BCUT2D eigenvalue weighted by molar-refractivity contribution is -0.384. The van der Waals surface area contributed by atoms with Crippen molar-refractivity contribution in [1.82, 2.24) is 10.3 Å². The number of fused-ring (bicyclic) bond motifs is 1. The molecule has 0 spiro atoms. The number of halogens is 3. The number of alkyl halides is 3. The van der Waals surface area contributed by atoms with Crippen LogP contribution in [0.5, 0.6) is 0 Å². The van der Waals surface area contributed by atoms with E-state index in [1.165, 1.54) is 0 Å². The van der Waals surface area contributed by atoms with Crippen molar-refractivity contribution in [2.45, 2.75) is 12.6 Å². The lowest BCUT2D eigenvalue weighted by atomic mass is 9.88. The Hall–Kier alpha value is -1.90. The maximum atomic E-state index is 12.8. The lowest BCUT2D eigenvalue weighted by Gasteiger charge is -2.35. The van der Waals surface area contributed by atoms with Crippen LogP contribution >= 0.6 is 0 Å². The van der Waals surface area contributed by atoms with Crippen molar-refractivity contribution < 1.29 is 18.1 Å². The summed E-state index contributed by atoms with van der Waals surface area (Å²) in [5.41, 5.74) is -1.46. The summed E-state index contributed by atoms with van der Waals surface area (Å²) in [5, 5.41) is 14.4. The van der Waals surface area contributed by atoms with Crippen LogP contribution in [0.4, 0.5) is 24.5 Å². The molecule has 3 heterocycles. The summed E-state index contributed by atoms with van der Waals surface area (Å²) >= 11 is 0. The predicted molar refractivity (Wildman–Crippen MR) is 72.6 cm³/mol. The Morgan fingerprint density at radius 3 is 2.77 bits per heavy atom. The number of aromatic nitrogens is 1. The summed E-state index contributed by atoms with van der Waals surface area (Å²) in [6, 6.07) is 0.792. The first-order valence-corrected chi connectivity index (χ1v) is 7.03. The zero-order valence-corrected chi connectivity index (χ0v) is 11.6. The largest absolute Gasteiger partial charge is 0.433 e. The molecular formula is C13H15F3N4O2. The van der Waals surface area contributed by atoms with Gasteiger partial charge in [-0.2, -0.15) is 13.2 Å². The molecule has 22 heavy (non-hydrogen) atoms. The van der Waals surface area contributed by atoms with Crippen LogP contribution in [0, 0.1) is 22.0 Å². The van der Waals surface area contributed by atoms with Crippen molar-refractivity contribution in [2.24, 2.45) is 11.8 Å². The molecule has 6 nitrogen and oxygen atoms in total. The van der Waals surface area contributed by atoms with E-state index in [-0.39, 0.29) is 11.4 Å². The first kappa shape index (κ1) is 15.0. The average Bonchev–Trinajstić information content (AvgIpc) is 2.92. The molecule has 2 atom stereocenters. The van der Waals surface area contributed by atoms with Gasteiger partial charge in [0.15, 0.2) is 0 Å². The van der Waals surface area contributed by atoms with E-state index in [2.05, 4.69) is 10.3 Å². The Morgan fingerprint density at radius 1 is 1.36 bits per heavy atom. The molecule has 0 radical (unpaired) electrons. The van der Waals surface area contributed by atoms with Gasteiger partial charge in [-0.25, -0.2) is 4.98 Å². The molecule has 2 aliphatic heterocycles. The van der Waals surface area contributed by atoms with Crippen LogP contribution in [0.1, 0.15) is 12.1 Å². The molecule has 3 rings (SSSR count). The Bertz CT molecular complexity index is 593. The van der Waals surface area contributed by atoms with Gasteiger partial charge in [0.1, 0.15) is 17.6 Å². The van der Waals surface area contributed by atoms with Gasteiger partial charge >= 0.3 is 11.9 Å². The highest BCUT2D eigenvalue weighted by atomic mass is 19.4. The third kappa shape index (κ3) is 2.72. The maximum absolute atomic E-state index is 12.8. The van der Waals surface area contributed by atoms with Crippen LogP contribution in [0.15, 0.2) is 12.3 Å². The van der Waals surface area contributed by atoms with Crippen LogP contribution in [-0.4, -0.2) is 36.1 Å². The van der Waals surface area contributed by atoms with Crippen molar-refractivity contribution in [3.05, 3.63) is 28.1 Å². The minimum atomic E-state index is -4.61. The lowest BCUT2D eigenvalue weighted by Crippen LogP contribution is -2.40. The van der Waals surface area contributed by atoms with E-state index in [9.17, 15) is 23.3 Å². The summed E-state index contributed by atoms with van der Waals surface area (Å²) < 4.78 is 38.5. The third-order valence-electron chi connectivity index (χ3n) is 4.39. The second kappa shape index (κ2) is 5.38. The van der Waals surface area contributed by atoms with Gasteiger partial charge < -0.3 is 10.2 Å². The molecule has 0 aromatic carbocycles. The van der Waals surface area contributed by atoms with Crippen LogP contribution in [0.2, 0.25) is 0 Å². The Kier molecular flexibility index (Phi) is 3.67. The molecular weight excluding hydrogens is 301 g/mol. The highest BCUT2D eigenvalue weighted by Gasteiger charge is 2.38. The molecule has 0 bridgehead atoms. The molecule has 9 heteroatoms. The first-order valence-electron chi connectivity index (χ1n) is 7.03. The fraction of sp³-hybridized carbons (Fsp3) is 0.615. The molecule has 0 saturated carbocycles. The van der Waals surface area contributed by atoms with Gasteiger partial charge in [-0.3, -0.25) is 10.1 Å². The normalized spacial score (nSPS) is 25.1. The topological polar surface area (TPSA) is 71.3 Å². The SMILES string of the molecule is O=[N+]([O-])c1cnc(C(F)(F)F)cc1N1CCC2CNCC2C1. The van der Waals surface area contributed by atoms with Gasteiger partial charge in [-0.15, -0.1) is 0 Å². The molecule has 2 fully saturated rings. The molecule has 1 aromatic heterocycles. The standard InChI is InChI=1S/C13H15F3N4O2/c14-13(15,16)12-3-10(11(6-18-12)20(21)22)19-2-1-8-4-17-5-9(8)7-19/h3,6,8-9,17H,1-2,4-5,7H2. The predicted octanol–water partition coefficient (Wildman–Crippen LogP) is 2.05. The molecule has 2 saturated heterocycles. The van der Waals surface area contributed by atoms with E-state index in [4.69, 9.17) is 0 Å². The number of rotatable bonds is 2. The van der Waals surface area contributed by atoms with Gasteiger partial charge in [-0.05, 0) is 37.4 Å². The van der Waals surface area contributed by atoms with Crippen molar-refractivity contribution in [2.75, 3.05) is 31.1 Å². The third-order valence-corrected chi connectivity index (χ3v) is 4.39. The number of nitrogens with one attached hydrogen (secondary N) is 1. The number of piperidine rings is 1. The van der Waals surface area contributed by atoms with E-state index in [1.807, 2.05) is 0 Å². The zero-order valence-electron chi connectivity index (χ0n) is 11.6. The van der Waals surface area contributed by atoms with Crippen molar-refractivity contribution in [3.63, 3.8) is 0 Å². The molecule has 0 aliphatic carbocycles. The van der Waals surface area contributed by atoms with Crippen LogP contribution in [0.3, 0.4) is 0 Å².